The maximum absolute atomic E-state index is 12.8. The second-order valence-electron chi connectivity index (χ2n) is 7.12. The highest BCUT2D eigenvalue weighted by Gasteiger charge is 2.30. The number of aryl methyl sites for hydroxylation is 1. The van der Waals surface area contributed by atoms with Crippen LogP contribution in [0.2, 0.25) is 0 Å². The number of ether oxygens (including phenoxy) is 1. The minimum absolute atomic E-state index is 0.0269. The third-order valence-electron chi connectivity index (χ3n) is 5.01. The summed E-state index contributed by atoms with van der Waals surface area (Å²) in [7, 11) is 0. The summed E-state index contributed by atoms with van der Waals surface area (Å²) in [6, 6.07) is 1.89. The average Bonchev–Trinajstić information content (AvgIpc) is 3.31. The Morgan fingerprint density at radius 2 is 2.13 bits per heavy atom. The molecule has 2 unspecified atom stereocenters. The molecule has 2 aromatic heterocycles. The summed E-state index contributed by atoms with van der Waals surface area (Å²) in [5.41, 5.74) is 2.64. The summed E-state index contributed by atoms with van der Waals surface area (Å²) in [6.07, 6.45) is 6.55. The van der Waals surface area contributed by atoms with Gasteiger partial charge in [0.15, 0.2) is 0 Å². The molecule has 0 amide bonds. The molecule has 0 radical (unpaired) electrons. The van der Waals surface area contributed by atoms with Gasteiger partial charge in [0.25, 0.3) is 5.71 Å². The van der Waals surface area contributed by atoms with Crippen molar-refractivity contribution in [2.75, 3.05) is 0 Å². The Kier molecular flexibility index (Phi) is 3.58. The van der Waals surface area contributed by atoms with E-state index in [2.05, 4.69) is 17.1 Å². The molecule has 0 aromatic carbocycles. The maximum Gasteiger partial charge on any atom is 0.339 e. The van der Waals surface area contributed by atoms with E-state index in [1.54, 1.807) is 0 Å². The highest BCUT2D eigenvalue weighted by Crippen LogP contribution is 2.40. The van der Waals surface area contributed by atoms with Crippen LogP contribution < -0.4 is 0 Å². The molecule has 2 fully saturated rings. The number of hydrogen-bond acceptors (Lipinski definition) is 5. The average molecular weight is 314 g/mol. The van der Waals surface area contributed by atoms with E-state index in [1.807, 2.05) is 13.0 Å². The number of carbonyl (C=O) groups is 1. The molecule has 4 rings (SSSR count). The van der Waals surface area contributed by atoms with Crippen molar-refractivity contribution in [2.45, 2.75) is 64.4 Å². The van der Waals surface area contributed by atoms with E-state index in [0.29, 0.717) is 34.2 Å². The predicted octanol–water partition coefficient (Wildman–Crippen LogP) is 4.14. The van der Waals surface area contributed by atoms with Crippen LogP contribution in [0.3, 0.4) is 0 Å². The van der Waals surface area contributed by atoms with Crippen molar-refractivity contribution in [3.63, 3.8) is 0 Å². The van der Waals surface area contributed by atoms with Crippen LogP contribution in [-0.4, -0.2) is 22.2 Å². The molecule has 0 spiro atoms. The first-order valence-corrected chi connectivity index (χ1v) is 8.59. The Labute approximate surface area is 135 Å². The third-order valence-corrected chi connectivity index (χ3v) is 5.01. The quantitative estimate of drug-likeness (QED) is 0.796. The lowest BCUT2D eigenvalue weighted by Crippen LogP contribution is -2.24. The molecule has 2 aromatic rings. The molecule has 0 bridgehead atoms. The van der Waals surface area contributed by atoms with Gasteiger partial charge in [-0.2, -0.15) is 0 Å². The summed E-state index contributed by atoms with van der Waals surface area (Å²) in [5.74, 6) is 0.814. The first-order valence-electron chi connectivity index (χ1n) is 8.59. The molecular formula is C18H22N2O3. The fourth-order valence-corrected chi connectivity index (χ4v) is 3.56. The fraction of sp³-hybridized carbons (Fsp3) is 0.611. The van der Waals surface area contributed by atoms with E-state index in [1.165, 1.54) is 6.42 Å². The number of pyridine rings is 1. The SMILES string of the molecule is Cc1noc2nc(C3CC3)cc(C(=O)OC3CCCC(C)C3)c12. The number of fused-ring (bicyclic) bond motifs is 1. The maximum atomic E-state index is 12.8. The van der Waals surface area contributed by atoms with Crippen LogP contribution in [0.5, 0.6) is 0 Å². The number of hydrogen-bond donors (Lipinski definition) is 0. The van der Waals surface area contributed by atoms with E-state index >= 15 is 0 Å². The molecule has 2 atom stereocenters. The molecule has 2 aliphatic rings. The van der Waals surface area contributed by atoms with Gasteiger partial charge in [-0.3, -0.25) is 0 Å². The van der Waals surface area contributed by atoms with Crippen LogP contribution in [0.4, 0.5) is 0 Å². The molecule has 122 valence electrons. The van der Waals surface area contributed by atoms with Gasteiger partial charge >= 0.3 is 5.97 Å². The van der Waals surface area contributed by atoms with Gasteiger partial charge < -0.3 is 9.26 Å². The van der Waals surface area contributed by atoms with Crippen molar-refractivity contribution in [3.8, 4) is 0 Å². The monoisotopic (exact) mass is 314 g/mol. The van der Waals surface area contributed by atoms with Crippen LogP contribution in [0.15, 0.2) is 10.6 Å². The molecule has 2 aliphatic carbocycles. The van der Waals surface area contributed by atoms with Gasteiger partial charge in [0.2, 0.25) is 0 Å². The van der Waals surface area contributed by atoms with Crippen molar-refractivity contribution in [1.29, 1.82) is 0 Å². The van der Waals surface area contributed by atoms with Gasteiger partial charge in [0.1, 0.15) is 6.10 Å². The lowest BCUT2D eigenvalue weighted by Gasteiger charge is -2.26. The number of nitrogens with zero attached hydrogens (tertiary/aromatic N) is 2. The first kappa shape index (κ1) is 14.7. The van der Waals surface area contributed by atoms with Crippen LogP contribution in [-0.2, 0) is 4.74 Å². The standard InChI is InChI=1S/C18H22N2O3/c1-10-4-3-5-13(8-10)22-18(21)14-9-15(12-6-7-12)19-17-16(14)11(2)20-23-17/h9-10,12-13H,3-8H2,1-2H3. The van der Waals surface area contributed by atoms with E-state index in [-0.39, 0.29) is 12.1 Å². The minimum atomic E-state index is -0.260. The number of carbonyl (C=O) groups excluding carboxylic acids is 1. The summed E-state index contributed by atoms with van der Waals surface area (Å²) >= 11 is 0. The number of rotatable bonds is 3. The topological polar surface area (TPSA) is 65.2 Å². The lowest BCUT2D eigenvalue weighted by molar-refractivity contribution is 0.0157. The Balaban J connectivity index is 1.66. The van der Waals surface area contributed by atoms with Gasteiger partial charge in [-0.25, -0.2) is 9.78 Å². The van der Waals surface area contributed by atoms with Gasteiger partial charge in [-0.15, -0.1) is 0 Å². The summed E-state index contributed by atoms with van der Waals surface area (Å²) in [6.45, 7) is 4.06. The molecule has 0 aliphatic heterocycles. The number of esters is 1. The van der Waals surface area contributed by atoms with Crippen LogP contribution in [0.25, 0.3) is 11.1 Å². The zero-order valence-corrected chi connectivity index (χ0v) is 13.7. The minimum Gasteiger partial charge on any atom is -0.459 e. The summed E-state index contributed by atoms with van der Waals surface area (Å²) in [4.78, 5) is 17.3. The molecule has 2 heterocycles. The largest absolute Gasteiger partial charge is 0.459 e. The Hall–Kier alpha value is -1.91. The molecule has 2 saturated carbocycles. The molecule has 23 heavy (non-hydrogen) atoms. The molecule has 0 saturated heterocycles. The zero-order valence-electron chi connectivity index (χ0n) is 13.7. The Morgan fingerprint density at radius 1 is 1.30 bits per heavy atom. The second-order valence-corrected chi connectivity index (χ2v) is 7.12. The van der Waals surface area contributed by atoms with Gasteiger partial charge in [0.05, 0.1) is 16.6 Å². The summed E-state index contributed by atoms with van der Waals surface area (Å²) < 4.78 is 11.1. The highest BCUT2D eigenvalue weighted by molar-refractivity contribution is 6.03. The second kappa shape index (κ2) is 5.62. The smallest absolute Gasteiger partial charge is 0.339 e. The van der Waals surface area contributed by atoms with Crippen molar-refractivity contribution in [1.82, 2.24) is 10.1 Å². The predicted molar refractivity (Wildman–Crippen MR) is 85.4 cm³/mol. The van der Waals surface area contributed by atoms with Crippen molar-refractivity contribution < 1.29 is 14.1 Å². The van der Waals surface area contributed by atoms with Crippen molar-refractivity contribution in [2.24, 2.45) is 5.92 Å². The third kappa shape index (κ3) is 2.84. The molecule has 5 nitrogen and oxygen atoms in total. The number of aromatic nitrogens is 2. The molecular weight excluding hydrogens is 292 g/mol. The first-order chi connectivity index (χ1) is 11.1. The zero-order chi connectivity index (χ0) is 16.0. The van der Waals surface area contributed by atoms with Gasteiger partial charge in [0, 0.05) is 11.6 Å². The van der Waals surface area contributed by atoms with E-state index in [9.17, 15) is 4.79 Å². The van der Waals surface area contributed by atoms with E-state index < -0.39 is 0 Å². The van der Waals surface area contributed by atoms with E-state index in [4.69, 9.17) is 9.26 Å². The normalized spacial score (nSPS) is 24.8. The van der Waals surface area contributed by atoms with Crippen LogP contribution in [0.1, 0.15) is 73.1 Å². The Bertz CT molecular complexity index is 748. The van der Waals surface area contributed by atoms with Crippen molar-refractivity contribution >= 4 is 17.1 Å². The fourth-order valence-electron chi connectivity index (χ4n) is 3.56. The molecule has 5 heteroatoms. The van der Waals surface area contributed by atoms with Crippen LogP contribution >= 0.6 is 0 Å². The highest BCUT2D eigenvalue weighted by atomic mass is 16.5. The summed E-state index contributed by atoms with van der Waals surface area (Å²) in [5, 5.41) is 4.67. The molecule has 0 N–H and O–H groups in total. The Morgan fingerprint density at radius 3 is 2.87 bits per heavy atom. The van der Waals surface area contributed by atoms with Crippen LogP contribution in [0, 0.1) is 12.8 Å². The van der Waals surface area contributed by atoms with Crippen molar-refractivity contribution in [3.05, 3.63) is 23.0 Å². The lowest BCUT2D eigenvalue weighted by atomic mass is 9.88. The van der Waals surface area contributed by atoms with Gasteiger partial charge in [-0.1, -0.05) is 18.5 Å². The van der Waals surface area contributed by atoms with E-state index in [0.717, 1.165) is 37.8 Å². The van der Waals surface area contributed by atoms with Gasteiger partial charge in [-0.05, 0) is 51.0 Å².